The second kappa shape index (κ2) is 9.32. The van der Waals surface area contributed by atoms with Crippen LogP contribution in [0.4, 0.5) is 5.82 Å². The van der Waals surface area contributed by atoms with Gasteiger partial charge in [0.1, 0.15) is 5.69 Å². The van der Waals surface area contributed by atoms with E-state index in [1.54, 1.807) is 25.1 Å². The Balaban J connectivity index is 1.82. The molecule has 3 aromatic rings. The number of aliphatic hydroxyl groups is 1. The van der Waals surface area contributed by atoms with Crippen molar-refractivity contribution in [2.24, 2.45) is 0 Å². The van der Waals surface area contributed by atoms with Gasteiger partial charge in [0.2, 0.25) is 0 Å². The van der Waals surface area contributed by atoms with Crippen molar-refractivity contribution >= 4 is 35.0 Å². The predicted molar refractivity (Wildman–Crippen MR) is 123 cm³/mol. The van der Waals surface area contributed by atoms with Gasteiger partial charge in [0.05, 0.1) is 30.9 Å². The molecule has 2 aromatic carbocycles. The second-order valence-electron chi connectivity index (χ2n) is 7.22. The molecule has 0 bridgehead atoms. The van der Waals surface area contributed by atoms with E-state index in [9.17, 15) is 9.90 Å². The number of aromatic nitrogens is 2. The van der Waals surface area contributed by atoms with Gasteiger partial charge in [0, 0.05) is 17.0 Å². The minimum Gasteiger partial charge on any atom is -0.478 e. The van der Waals surface area contributed by atoms with Gasteiger partial charge in [-0.25, -0.2) is 14.8 Å². The van der Waals surface area contributed by atoms with Crippen LogP contribution in [0.5, 0.6) is 5.88 Å². The first-order chi connectivity index (χ1) is 15.4. The summed E-state index contributed by atoms with van der Waals surface area (Å²) in [5.41, 5.74) is 2.63. The molecule has 0 saturated heterocycles. The highest BCUT2D eigenvalue weighted by atomic mass is 35.5. The fourth-order valence-corrected chi connectivity index (χ4v) is 4.26. The van der Waals surface area contributed by atoms with E-state index in [0.29, 0.717) is 22.0 Å². The molecule has 9 heteroatoms. The molecule has 2 atom stereocenters. The van der Waals surface area contributed by atoms with Crippen molar-refractivity contribution in [3.8, 4) is 17.1 Å². The topological polar surface area (TPSA) is 93.6 Å². The number of ether oxygens (including phenoxy) is 2. The van der Waals surface area contributed by atoms with Crippen molar-refractivity contribution in [3.05, 3.63) is 69.3 Å². The molecule has 1 aliphatic carbocycles. The monoisotopic (exact) mass is 473 g/mol. The number of fused-ring (bicyclic) bond motifs is 1. The van der Waals surface area contributed by atoms with Crippen LogP contribution in [0.1, 0.15) is 34.6 Å². The van der Waals surface area contributed by atoms with Gasteiger partial charge < -0.3 is 19.9 Å². The number of carbonyl (C=O) groups excluding carboxylic acids is 1. The highest BCUT2D eigenvalue weighted by Crippen LogP contribution is 2.38. The van der Waals surface area contributed by atoms with Gasteiger partial charge >= 0.3 is 5.97 Å². The molecular formula is C23H21Cl2N3O4. The third-order valence-electron chi connectivity index (χ3n) is 5.21. The highest BCUT2D eigenvalue weighted by molar-refractivity contribution is 6.36. The lowest BCUT2D eigenvalue weighted by Gasteiger charge is -2.21. The molecule has 1 aromatic heterocycles. The summed E-state index contributed by atoms with van der Waals surface area (Å²) in [6.07, 6.45) is -0.164. The van der Waals surface area contributed by atoms with Crippen LogP contribution < -0.4 is 10.1 Å². The lowest BCUT2D eigenvalue weighted by atomic mass is 10.1. The predicted octanol–water partition coefficient (Wildman–Crippen LogP) is 4.71. The number of methoxy groups -OCH3 is 1. The summed E-state index contributed by atoms with van der Waals surface area (Å²) >= 11 is 12.4. The standard InChI is InChI=1S/C23H21Cl2N3O4/c1-3-32-23(30)20-19(15-9-8-13(24)11-16(15)25)28-22(31-2)21(27-20)26-18-14-7-5-4-6-12(14)10-17(18)29/h4-9,11,17-18,29H,3,10H2,1-2H3,(H,26,27)/t17-,18+/m0/s1. The Morgan fingerprint density at radius 3 is 2.72 bits per heavy atom. The van der Waals surface area contributed by atoms with Crippen molar-refractivity contribution in [2.45, 2.75) is 25.5 Å². The zero-order chi connectivity index (χ0) is 22.8. The number of hydrogen-bond donors (Lipinski definition) is 2. The number of anilines is 1. The van der Waals surface area contributed by atoms with E-state index >= 15 is 0 Å². The third-order valence-corrected chi connectivity index (χ3v) is 5.76. The summed E-state index contributed by atoms with van der Waals surface area (Å²) in [4.78, 5) is 21.8. The first-order valence-corrected chi connectivity index (χ1v) is 10.8. The van der Waals surface area contributed by atoms with Crippen LogP contribution in [0.25, 0.3) is 11.3 Å². The fourth-order valence-electron chi connectivity index (χ4n) is 3.76. The van der Waals surface area contributed by atoms with Crippen LogP contribution in [0.15, 0.2) is 42.5 Å². The van der Waals surface area contributed by atoms with E-state index < -0.39 is 18.1 Å². The summed E-state index contributed by atoms with van der Waals surface area (Å²) in [6, 6.07) is 12.2. The molecule has 2 N–H and O–H groups in total. The minimum atomic E-state index is -0.671. The third kappa shape index (κ3) is 4.24. The van der Waals surface area contributed by atoms with E-state index in [2.05, 4.69) is 15.3 Å². The van der Waals surface area contributed by atoms with Gasteiger partial charge in [-0.1, -0.05) is 47.5 Å². The van der Waals surface area contributed by atoms with Gasteiger partial charge in [-0.3, -0.25) is 0 Å². The number of nitrogens with one attached hydrogen (secondary N) is 1. The lowest BCUT2D eigenvalue weighted by molar-refractivity contribution is 0.0520. The number of hydrogen-bond acceptors (Lipinski definition) is 7. The van der Waals surface area contributed by atoms with Crippen molar-refractivity contribution in [1.82, 2.24) is 9.97 Å². The summed E-state index contributed by atoms with van der Waals surface area (Å²) in [7, 11) is 1.45. The normalized spacial score (nSPS) is 17.0. The van der Waals surface area contributed by atoms with E-state index in [1.807, 2.05) is 24.3 Å². The highest BCUT2D eigenvalue weighted by Gasteiger charge is 2.33. The number of aliphatic hydroxyl groups excluding tert-OH is 1. The molecule has 0 unspecified atom stereocenters. The smallest absolute Gasteiger partial charge is 0.359 e. The van der Waals surface area contributed by atoms with Gasteiger partial charge in [0.15, 0.2) is 11.5 Å². The van der Waals surface area contributed by atoms with Crippen LogP contribution >= 0.6 is 23.2 Å². The van der Waals surface area contributed by atoms with Crippen molar-refractivity contribution in [2.75, 3.05) is 19.0 Å². The van der Waals surface area contributed by atoms with E-state index in [1.165, 1.54) is 7.11 Å². The molecule has 7 nitrogen and oxygen atoms in total. The largest absolute Gasteiger partial charge is 0.478 e. The van der Waals surface area contributed by atoms with Crippen LogP contribution in [0.3, 0.4) is 0 Å². The molecule has 0 aliphatic heterocycles. The molecule has 0 radical (unpaired) electrons. The number of carbonyl (C=O) groups is 1. The molecule has 166 valence electrons. The van der Waals surface area contributed by atoms with Gasteiger partial charge in [-0.15, -0.1) is 0 Å². The van der Waals surface area contributed by atoms with E-state index in [4.69, 9.17) is 32.7 Å². The maximum absolute atomic E-state index is 12.8. The fraction of sp³-hybridized carbons (Fsp3) is 0.261. The Morgan fingerprint density at radius 2 is 2.00 bits per heavy atom. The second-order valence-corrected chi connectivity index (χ2v) is 8.06. The van der Waals surface area contributed by atoms with Crippen molar-refractivity contribution < 1.29 is 19.4 Å². The number of halogens is 2. The average molecular weight is 474 g/mol. The Labute approximate surface area is 195 Å². The number of esters is 1. The first-order valence-electron chi connectivity index (χ1n) is 10.0. The first kappa shape index (κ1) is 22.3. The zero-order valence-electron chi connectivity index (χ0n) is 17.4. The van der Waals surface area contributed by atoms with Crippen LogP contribution in [-0.2, 0) is 11.2 Å². The van der Waals surface area contributed by atoms with Crippen LogP contribution in [0, 0.1) is 0 Å². The number of rotatable bonds is 6. The van der Waals surface area contributed by atoms with Crippen molar-refractivity contribution in [1.29, 1.82) is 0 Å². The Hall–Kier alpha value is -2.87. The van der Waals surface area contributed by atoms with Crippen LogP contribution in [-0.4, -0.2) is 40.9 Å². The molecule has 1 heterocycles. The maximum atomic E-state index is 12.8. The molecular weight excluding hydrogens is 453 g/mol. The molecule has 0 spiro atoms. The summed E-state index contributed by atoms with van der Waals surface area (Å²) in [5, 5.41) is 14.6. The Bertz CT molecular complexity index is 1170. The minimum absolute atomic E-state index is 0.0276. The molecule has 0 amide bonds. The van der Waals surface area contributed by atoms with Gasteiger partial charge in [-0.05, 0) is 36.2 Å². The summed E-state index contributed by atoms with van der Waals surface area (Å²) in [5.74, 6) is -0.292. The molecule has 32 heavy (non-hydrogen) atoms. The quantitative estimate of drug-likeness (QED) is 0.500. The van der Waals surface area contributed by atoms with E-state index in [0.717, 1.165) is 11.1 Å². The molecule has 0 saturated carbocycles. The van der Waals surface area contributed by atoms with E-state index in [-0.39, 0.29) is 29.7 Å². The number of nitrogens with zero attached hydrogens (tertiary/aromatic N) is 2. The zero-order valence-corrected chi connectivity index (χ0v) is 18.9. The van der Waals surface area contributed by atoms with Gasteiger partial charge in [-0.2, -0.15) is 0 Å². The summed E-state index contributed by atoms with van der Waals surface area (Å²) < 4.78 is 10.7. The maximum Gasteiger partial charge on any atom is 0.359 e. The summed E-state index contributed by atoms with van der Waals surface area (Å²) in [6.45, 7) is 1.87. The number of benzene rings is 2. The SMILES string of the molecule is CCOC(=O)c1nc(N[C@@H]2c3ccccc3C[C@@H]2O)c(OC)nc1-c1ccc(Cl)cc1Cl. The Kier molecular flexibility index (Phi) is 6.50. The van der Waals surface area contributed by atoms with Crippen LogP contribution in [0.2, 0.25) is 10.0 Å². The average Bonchev–Trinajstić information content (AvgIpc) is 3.09. The molecule has 0 fully saturated rings. The lowest BCUT2D eigenvalue weighted by Crippen LogP contribution is -2.23. The van der Waals surface area contributed by atoms with Gasteiger partial charge in [0.25, 0.3) is 5.88 Å². The molecule has 1 aliphatic rings. The van der Waals surface area contributed by atoms with Crippen molar-refractivity contribution in [3.63, 3.8) is 0 Å². The molecule has 4 rings (SSSR count). The Morgan fingerprint density at radius 1 is 1.22 bits per heavy atom.